The third-order valence-corrected chi connectivity index (χ3v) is 20.7. The molecule has 0 spiro atoms. The number of halogens is 8. The van der Waals surface area contributed by atoms with Crippen LogP contribution in [0.25, 0.3) is 33.8 Å². The maximum atomic E-state index is 13.5. The Labute approximate surface area is 525 Å². The quantitative estimate of drug-likeness (QED) is 0.0663. The number of likely N-dealkylation sites (N-methyl/N-ethyl adjacent to an activating group) is 1. The second-order valence-corrected chi connectivity index (χ2v) is 27.5. The average Bonchev–Trinajstić information content (AvgIpc) is 1.57. The molecule has 8 aliphatic rings. The van der Waals surface area contributed by atoms with Crippen molar-refractivity contribution in [2.45, 2.75) is 166 Å². The summed E-state index contributed by atoms with van der Waals surface area (Å²) in [6.45, 7) is 13.5. The molecule has 6 aromatic rings. The van der Waals surface area contributed by atoms with Gasteiger partial charge in [-0.2, -0.15) is 46.0 Å². The smallest absolute Gasteiger partial charge is 0.419 e. The molecule has 6 aliphatic carbocycles. The van der Waals surface area contributed by atoms with Gasteiger partial charge in [-0.3, -0.25) is 23.8 Å². The number of hydrogen-bond acceptors (Lipinski definition) is 15. The fraction of sp³-hybridized carbons (Fsp3) is 0.631. The van der Waals surface area contributed by atoms with E-state index in [1.165, 1.54) is 75.4 Å². The van der Waals surface area contributed by atoms with Crippen molar-refractivity contribution in [1.82, 2.24) is 59.0 Å². The number of nitrogens with zero attached hydrogens (tertiary/aromatic N) is 12. The maximum absolute atomic E-state index is 13.5. The number of nitrogen functional groups attached to an aromatic ring is 3. The summed E-state index contributed by atoms with van der Waals surface area (Å²) in [4.78, 5) is 19.4. The lowest BCUT2D eigenvalue weighted by atomic mass is 10.0. The normalized spacial score (nSPS) is 28.7. The lowest BCUT2D eigenvalue weighted by molar-refractivity contribution is -0.137. The largest absolute Gasteiger partial charge is 0.431 e. The predicted molar refractivity (Wildman–Crippen MR) is 329 cm³/mol. The number of aliphatic hydroxyl groups excluding tert-OH is 1. The standard InChI is InChI=1S/C24H33F3N6.C23H31F2N5O2.C18H21F3N4O/c1-14(2)33-21(12-20(30-33)15-9-19(24(25,26)27)23(28)29-13-15)22-17-10-16(11-18(17)22)32-6-4-5-31(3)7-8-32;1-12(2)30-19(8-18(28-30)14-5-20(32-23(24)25)22(26)27-9-14)21-16-6-15(7-17(16)21)29-4-3-13(10-29)11-31;1-8(2)25-14(16-11-4-10(19)5-12(11)16)6-13(24-25)9-3-15(26-18(20)21)17(22)23-7-9/h9,12-14,16-18,22H,4-8,10-11H2,1-3H3,(H2,28,29);5,8-9,12-13,15-17,21,23,31H,3-4,6-7,10-11H2,1-2H3,(H2,26,27);3,6-8,10-12,16,18H,4-5H2,1-2H3,(H2,22,23)/t16?,17-,18+,22?;13-,15?,16-,17+,21?;10?,11-,12+,16?/m.0./s1. The van der Waals surface area contributed by atoms with Crippen LogP contribution in [-0.2, 0) is 6.18 Å². The van der Waals surface area contributed by atoms with Crippen LogP contribution in [0.4, 0.5) is 52.6 Å². The number of anilines is 3. The second kappa shape index (κ2) is 25.7. The molecule has 2 aliphatic heterocycles. The van der Waals surface area contributed by atoms with Crippen LogP contribution in [0.15, 0.2) is 55.0 Å². The molecule has 0 radical (unpaired) electrons. The van der Waals surface area contributed by atoms with E-state index in [0.717, 1.165) is 50.1 Å². The highest BCUT2D eigenvalue weighted by Crippen LogP contribution is 2.66. The van der Waals surface area contributed by atoms with Crippen LogP contribution in [-0.4, -0.2) is 149 Å². The molecular formula is C65H85F8N15O3. The lowest BCUT2D eigenvalue weighted by Gasteiger charge is -2.29. The van der Waals surface area contributed by atoms with Gasteiger partial charge in [-0.1, -0.05) is 0 Å². The molecule has 0 bridgehead atoms. The number of pyridine rings is 3. The minimum Gasteiger partial charge on any atom is -0.431 e. The van der Waals surface area contributed by atoms with E-state index in [1.54, 1.807) is 6.20 Å². The van der Waals surface area contributed by atoms with Crippen LogP contribution in [0, 0.1) is 41.4 Å². The van der Waals surface area contributed by atoms with Crippen molar-refractivity contribution in [3.05, 3.63) is 77.6 Å². The van der Waals surface area contributed by atoms with Crippen molar-refractivity contribution in [1.29, 1.82) is 0 Å². The van der Waals surface area contributed by atoms with E-state index < -0.39 is 37.0 Å². The summed E-state index contributed by atoms with van der Waals surface area (Å²) in [5.74, 6) is 4.13. The molecule has 6 saturated carbocycles. The first-order chi connectivity index (χ1) is 43.3. The zero-order chi connectivity index (χ0) is 64.6. The molecule has 494 valence electrons. The van der Waals surface area contributed by atoms with E-state index in [9.17, 15) is 40.2 Å². The molecule has 8 heterocycles. The molecule has 26 heteroatoms. The van der Waals surface area contributed by atoms with Gasteiger partial charge in [0.2, 0.25) is 0 Å². The first kappa shape index (κ1) is 64.5. The van der Waals surface area contributed by atoms with Gasteiger partial charge in [-0.25, -0.2) is 19.3 Å². The SMILES string of the molecule is CC(C)n1nc(-c2cnc(N)c(C(F)(F)F)c2)cc1C1[C@H]2CC(N3CCCN(C)CC3)C[C@@H]12.CC(C)n1nc(-c2cnc(N)c(OC(F)F)c2)cc1C1[C@H]2CC(F)C[C@@H]12.CC(C)n1nc(-c2cnc(N)c(OC(F)F)c2)cc1C1[C@H]2CC(N3CC[C@H](CO)C3)C[C@@H]12. The number of likely N-dealkylation sites (tertiary alicyclic amines) is 1. The third kappa shape index (κ3) is 13.5. The Morgan fingerprint density at radius 3 is 1.34 bits per heavy atom. The summed E-state index contributed by atoms with van der Waals surface area (Å²) < 4.78 is 119. The van der Waals surface area contributed by atoms with Crippen molar-refractivity contribution in [2.24, 2.45) is 41.4 Å². The van der Waals surface area contributed by atoms with E-state index >= 15 is 0 Å². The van der Waals surface area contributed by atoms with E-state index in [1.807, 2.05) is 35.3 Å². The van der Waals surface area contributed by atoms with E-state index in [0.29, 0.717) is 124 Å². The number of aliphatic hydroxyl groups is 1. The molecule has 0 amide bonds. The first-order valence-electron chi connectivity index (χ1n) is 32.3. The monoisotopic (exact) mass is 1280 g/mol. The summed E-state index contributed by atoms with van der Waals surface area (Å²) in [6, 6.07) is 11.7. The van der Waals surface area contributed by atoms with E-state index in [2.05, 4.69) is 89.7 Å². The van der Waals surface area contributed by atoms with Crippen LogP contribution in [0.2, 0.25) is 0 Å². The number of alkyl halides is 8. The third-order valence-electron chi connectivity index (χ3n) is 20.7. The van der Waals surface area contributed by atoms with Gasteiger partial charge in [0, 0.05) is 127 Å². The van der Waals surface area contributed by atoms with Gasteiger partial charge in [0.15, 0.2) is 23.1 Å². The highest BCUT2D eigenvalue weighted by molar-refractivity contribution is 5.66. The summed E-state index contributed by atoms with van der Waals surface area (Å²) in [7, 11) is 2.20. The maximum Gasteiger partial charge on any atom is 0.419 e. The van der Waals surface area contributed by atoms with Gasteiger partial charge < -0.3 is 36.7 Å². The molecular weight excluding hydrogens is 1190 g/mol. The van der Waals surface area contributed by atoms with Gasteiger partial charge >= 0.3 is 19.4 Å². The average molecular weight is 1280 g/mol. The van der Waals surface area contributed by atoms with Crippen molar-refractivity contribution in [3.63, 3.8) is 0 Å². The van der Waals surface area contributed by atoms with Crippen LogP contribution in [0.3, 0.4) is 0 Å². The molecule has 91 heavy (non-hydrogen) atoms. The van der Waals surface area contributed by atoms with Gasteiger partial charge in [-0.15, -0.1) is 0 Å². The van der Waals surface area contributed by atoms with Crippen LogP contribution in [0.5, 0.6) is 11.5 Å². The Hall–Kier alpha value is -6.64. The molecule has 18 nitrogen and oxygen atoms in total. The molecule has 7 N–H and O–H groups in total. The minimum atomic E-state index is -4.54. The molecule has 13 atom stereocenters. The van der Waals surface area contributed by atoms with Gasteiger partial charge in [0.1, 0.15) is 12.0 Å². The van der Waals surface area contributed by atoms with E-state index in [-0.39, 0.29) is 41.3 Å². The highest BCUT2D eigenvalue weighted by Gasteiger charge is 2.61. The van der Waals surface area contributed by atoms with Crippen molar-refractivity contribution < 1.29 is 49.7 Å². The van der Waals surface area contributed by atoms with Gasteiger partial charge in [0.25, 0.3) is 0 Å². The van der Waals surface area contributed by atoms with Crippen molar-refractivity contribution in [3.8, 4) is 45.3 Å². The van der Waals surface area contributed by atoms with Gasteiger partial charge in [-0.05, 0) is 197 Å². The molecule has 6 aromatic heterocycles. The van der Waals surface area contributed by atoms with E-state index in [4.69, 9.17) is 27.4 Å². The highest BCUT2D eigenvalue weighted by atomic mass is 19.4. The number of rotatable bonds is 16. The molecule has 0 aromatic carbocycles. The Kier molecular flexibility index (Phi) is 18.2. The van der Waals surface area contributed by atoms with Gasteiger partial charge in [0.05, 0.1) is 22.6 Å². The number of nitrogens with two attached hydrogens (primary N) is 3. The zero-order valence-corrected chi connectivity index (χ0v) is 52.6. The number of ether oxygens (including phenoxy) is 2. The fourth-order valence-electron chi connectivity index (χ4n) is 16.1. The van der Waals surface area contributed by atoms with Crippen LogP contribution < -0.4 is 26.7 Å². The zero-order valence-electron chi connectivity index (χ0n) is 52.6. The van der Waals surface area contributed by atoms with Crippen molar-refractivity contribution in [2.75, 3.05) is 70.1 Å². The fourth-order valence-corrected chi connectivity index (χ4v) is 16.1. The summed E-state index contributed by atoms with van der Waals surface area (Å²) in [5.41, 5.74) is 22.7. The van der Waals surface area contributed by atoms with Crippen LogP contribution in [0.1, 0.15) is 151 Å². The predicted octanol–water partition coefficient (Wildman–Crippen LogP) is 11.9. The Balaban J connectivity index is 0.000000133. The lowest BCUT2D eigenvalue weighted by Crippen LogP contribution is -2.37. The Bertz CT molecular complexity index is 3500. The number of hydrogen-bond donors (Lipinski definition) is 4. The first-order valence-corrected chi connectivity index (χ1v) is 32.3. The van der Waals surface area contributed by atoms with Crippen LogP contribution >= 0.6 is 0 Å². The summed E-state index contributed by atoms with van der Waals surface area (Å²) in [6.07, 6.45) is 7.58. The molecule has 6 unspecified atom stereocenters. The summed E-state index contributed by atoms with van der Waals surface area (Å²) >= 11 is 0. The Morgan fingerprint density at radius 1 is 0.538 bits per heavy atom. The molecule has 8 fully saturated rings. The molecule has 2 saturated heterocycles. The minimum absolute atomic E-state index is 0.0642. The number of fused-ring (bicyclic) bond motifs is 3. The molecule has 14 rings (SSSR count). The number of aromatic nitrogens is 9. The second-order valence-electron chi connectivity index (χ2n) is 27.5. The summed E-state index contributed by atoms with van der Waals surface area (Å²) in [5, 5.41) is 23.6. The van der Waals surface area contributed by atoms with Crippen molar-refractivity contribution >= 4 is 17.5 Å². The Morgan fingerprint density at radius 2 is 0.945 bits per heavy atom. The topological polar surface area (TPSA) is 219 Å².